The Labute approximate surface area is 167 Å². The van der Waals surface area contributed by atoms with Gasteiger partial charge in [0.2, 0.25) is 5.91 Å². The van der Waals surface area contributed by atoms with E-state index in [2.05, 4.69) is 27.1 Å². The molecule has 27 heavy (non-hydrogen) atoms. The fourth-order valence-corrected chi connectivity index (χ4v) is 4.04. The van der Waals surface area contributed by atoms with E-state index < -0.39 is 0 Å². The molecular formula is C19H23ClN4O2S. The van der Waals surface area contributed by atoms with Crippen molar-refractivity contribution < 1.29 is 4.79 Å². The minimum Gasteiger partial charge on any atom is -0.324 e. The molecule has 0 fully saturated rings. The zero-order chi connectivity index (χ0) is 19.4. The van der Waals surface area contributed by atoms with Crippen LogP contribution in [0.5, 0.6) is 0 Å². The number of anilines is 1. The summed E-state index contributed by atoms with van der Waals surface area (Å²) in [5.74, 6) is -0.0475. The average molecular weight is 407 g/mol. The van der Waals surface area contributed by atoms with Crippen molar-refractivity contribution in [3.05, 3.63) is 50.4 Å². The molecule has 0 unspecified atom stereocenters. The third-order valence-corrected chi connectivity index (χ3v) is 5.59. The molecular weight excluding hydrogens is 384 g/mol. The van der Waals surface area contributed by atoms with Gasteiger partial charge in [0.25, 0.3) is 5.56 Å². The van der Waals surface area contributed by atoms with E-state index in [0.717, 1.165) is 42.8 Å². The molecule has 1 aliphatic heterocycles. The summed E-state index contributed by atoms with van der Waals surface area (Å²) in [5.41, 5.74) is 3.09. The first kappa shape index (κ1) is 19.9. The van der Waals surface area contributed by atoms with Crippen LogP contribution in [0.25, 0.3) is 0 Å². The number of hydrogen-bond donors (Lipinski definition) is 2. The molecule has 2 heterocycles. The number of nitrogens with one attached hydrogen (secondary N) is 2. The van der Waals surface area contributed by atoms with Crippen LogP contribution in [0.2, 0.25) is 5.02 Å². The summed E-state index contributed by atoms with van der Waals surface area (Å²) in [6.45, 7) is 6.60. The summed E-state index contributed by atoms with van der Waals surface area (Å²) in [7, 11) is 0. The number of rotatable bonds is 6. The van der Waals surface area contributed by atoms with Gasteiger partial charge in [-0.1, -0.05) is 36.4 Å². The highest BCUT2D eigenvalue weighted by Gasteiger charge is 2.21. The second kappa shape index (κ2) is 8.91. The monoisotopic (exact) mass is 406 g/mol. The van der Waals surface area contributed by atoms with E-state index in [4.69, 9.17) is 11.6 Å². The molecule has 8 heteroatoms. The zero-order valence-electron chi connectivity index (χ0n) is 15.5. The van der Waals surface area contributed by atoms with Crippen molar-refractivity contribution in [2.24, 2.45) is 0 Å². The number of amides is 1. The van der Waals surface area contributed by atoms with Crippen molar-refractivity contribution in [3.8, 4) is 0 Å². The summed E-state index contributed by atoms with van der Waals surface area (Å²) in [6.07, 6.45) is 1.83. The summed E-state index contributed by atoms with van der Waals surface area (Å²) < 4.78 is 0. The van der Waals surface area contributed by atoms with Gasteiger partial charge in [0.1, 0.15) is 0 Å². The maximum absolute atomic E-state index is 12.4. The Kier molecular flexibility index (Phi) is 6.57. The first-order valence-corrected chi connectivity index (χ1v) is 10.4. The normalized spacial score (nSPS) is 14.0. The molecule has 0 bridgehead atoms. The number of H-pyrrole nitrogens is 1. The van der Waals surface area contributed by atoms with Gasteiger partial charge in [-0.3, -0.25) is 14.5 Å². The van der Waals surface area contributed by atoms with Crippen molar-refractivity contribution >= 4 is 35.0 Å². The summed E-state index contributed by atoms with van der Waals surface area (Å²) in [5, 5.41) is 3.77. The number of hydrogen-bond acceptors (Lipinski definition) is 5. The van der Waals surface area contributed by atoms with Crippen molar-refractivity contribution in [3.63, 3.8) is 0 Å². The van der Waals surface area contributed by atoms with E-state index in [9.17, 15) is 9.59 Å². The lowest BCUT2D eigenvalue weighted by Gasteiger charge is -2.27. The molecule has 0 spiro atoms. The first-order valence-electron chi connectivity index (χ1n) is 8.99. The topological polar surface area (TPSA) is 78.1 Å². The molecule has 0 atom stereocenters. The maximum atomic E-state index is 12.4. The van der Waals surface area contributed by atoms with E-state index in [-0.39, 0.29) is 17.2 Å². The lowest BCUT2D eigenvalue weighted by Crippen LogP contribution is -2.36. The van der Waals surface area contributed by atoms with Gasteiger partial charge in [-0.2, -0.15) is 0 Å². The molecule has 1 aromatic heterocycles. The Morgan fingerprint density at radius 1 is 1.44 bits per heavy atom. The van der Waals surface area contributed by atoms with Crippen LogP contribution in [0.4, 0.5) is 5.69 Å². The van der Waals surface area contributed by atoms with Crippen LogP contribution < -0.4 is 10.9 Å². The van der Waals surface area contributed by atoms with E-state index in [1.165, 1.54) is 11.8 Å². The minimum atomic E-state index is -0.194. The van der Waals surface area contributed by atoms with E-state index in [1.54, 1.807) is 12.1 Å². The van der Waals surface area contributed by atoms with Crippen LogP contribution in [-0.4, -0.2) is 39.6 Å². The van der Waals surface area contributed by atoms with Crippen LogP contribution >= 0.6 is 23.4 Å². The summed E-state index contributed by atoms with van der Waals surface area (Å²) >= 11 is 7.36. The Bertz CT molecular complexity index is 900. The molecule has 1 amide bonds. The third-order valence-electron chi connectivity index (χ3n) is 4.40. The second-order valence-corrected chi connectivity index (χ2v) is 8.01. The number of benzene rings is 1. The van der Waals surface area contributed by atoms with Crippen LogP contribution in [0, 0.1) is 6.92 Å². The number of aromatic nitrogens is 2. The lowest BCUT2D eigenvalue weighted by atomic mass is 10.1. The van der Waals surface area contributed by atoms with Gasteiger partial charge in [0, 0.05) is 19.5 Å². The number of carbonyl (C=O) groups is 1. The van der Waals surface area contributed by atoms with E-state index in [1.807, 2.05) is 13.0 Å². The fraction of sp³-hybridized carbons (Fsp3) is 0.421. The SMILES string of the molecule is CCCN1CCc2nc(SCC(=O)Nc3ccc(C)cc3Cl)[nH]c(=O)c2C1. The predicted octanol–water partition coefficient (Wildman–Crippen LogP) is 3.23. The number of nitrogens with zero attached hydrogens (tertiary/aromatic N) is 2. The number of aromatic amines is 1. The average Bonchev–Trinajstić information content (AvgIpc) is 2.63. The van der Waals surface area contributed by atoms with E-state index >= 15 is 0 Å². The largest absolute Gasteiger partial charge is 0.324 e. The maximum Gasteiger partial charge on any atom is 0.256 e. The quantitative estimate of drug-likeness (QED) is 0.568. The number of halogens is 1. The molecule has 3 rings (SSSR count). The predicted molar refractivity (Wildman–Crippen MR) is 110 cm³/mol. The van der Waals surface area contributed by atoms with Crippen molar-refractivity contribution in [1.82, 2.24) is 14.9 Å². The van der Waals surface area contributed by atoms with Gasteiger partial charge in [-0.15, -0.1) is 0 Å². The van der Waals surface area contributed by atoms with Gasteiger partial charge in [0.05, 0.1) is 27.7 Å². The van der Waals surface area contributed by atoms with Crippen molar-refractivity contribution in [1.29, 1.82) is 0 Å². The highest BCUT2D eigenvalue weighted by molar-refractivity contribution is 7.99. The Morgan fingerprint density at radius 2 is 2.26 bits per heavy atom. The summed E-state index contributed by atoms with van der Waals surface area (Å²) in [4.78, 5) is 34.2. The summed E-state index contributed by atoms with van der Waals surface area (Å²) in [6, 6.07) is 5.47. The number of thioether (sulfide) groups is 1. The molecule has 2 aromatic rings. The number of aryl methyl sites for hydroxylation is 1. The number of fused-ring (bicyclic) bond motifs is 1. The number of carbonyl (C=O) groups excluding carboxylic acids is 1. The molecule has 1 aliphatic rings. The Morgan fingerprint density at radius 3 is 3.00 bits per heavy atom. The smallest absolute Gasteiger partial charge is 0.256 e. The molecule has 2 N–H and O–H groups in total. The zero-order valence-corrected chi connectivity index (χ0v) is 17.0. The van der Waals surface area contributed by atoms with Gasteiger partial charge in [-0.25, -0.2) is 4.98 Å². The molecule has 144 valence electrons. The Hall–Kier alpha value is -1.83. The second-order valence-electron chi connectivity index (χ2n) is 6.64. The van der Waals surface area contributed by atoms with Crippen LogP contribution in [0.15, 0.2) is 28.2 Å². The molecule has 0 saturated carbocycles. The van der Waals surface area contributed by atoms with Crippen LogP contribution in [0.1, 0.15) is 30.2 Å². The highest BCUT2D eigenvalue weighted by atomic mass is 35.5. The molecule has 0 saturated heterocycles. The van der Waals surface area contributed by atoms with E-state index in [0.29, 0.717) is 22.4 Å². The van der Waals surface area contributed by atoms with Gasteiger partial charge in [0.15, 0.2) is 5.16 Å². The molecule has 0 radical (unpaired) electrons. The van der Waals surface area contributed by atoms with Gasteiger partial charge >= 0.3 is 0 Å². The molecule has 1 aromatic carbocycles. The standard InChI is InChI=1S/C19H23ClN4O2S/c1-3-7-24-8-6-15-13(10-24)18(26)23-19(22-15)27-11-17(25)21-16-5-4-12(2)9-14(16)20/h4-5,9H,3,6-8,10-11H2,1-2H3,(H,21,25)(H,22,23,26). The third kappa shape index (κ3) is 5.12. The molecule has 6 nitrogen and oxygen atoms in total. The van der Waals surface area contributed by atoms with Crippen LogP contribution in [-0.2, 0) is 17.8 Å². The Balaban J connectivity index is 1.62. The lowest BCUT2D eigenvalue weighted by molar-refractivity contribution is -0.113. The van der Waals surface area contributed by atoms with Gasteiger partial charge in [-0.05, 0) is 37.6 Å². The fourth-order valence-electron chi connectivity index (χ4n) is 3.08. The first-order chi connectivity index (χ1) is 13.0. The van der Waals surface area contributed by atoms with Crippen molar-refractivity contribution in [2.75, 3.05) is 24.2 Å². The van der Waals surface area contributed by atoms with Crippen molar-refractivity contribution in [2.45, 2.75) is 38.4 Å². The minimum absolute atomic E-state index is 0.106. The van der Waals surface area contributed by atoms with Gasteiger partial charge < -0.3 is 10.3 Å². The molecule has 0 aliphatic carbocycles. The highest BCUT2D eigenvalue weighted by Crippen LogP contribution is 2.23. The van der Waals surface area contributed by atoms with Crippen LogP contribution in [0.3, 0.4) is 0 Å².